The number of unbranched alkanes of at least 4 members (excludes halogenated alkanes) is 1. The number of ether oxygens (including phenoxy) is 1. The van der Waals surface area contributed by atoms with Gasteiger partial charge in [-0.3, -0.25) is 9.59 Å². The number of anilines is 1. The molecule has 2 aromatic rings. The molecule has 1 N–H and O–H groups in total. The highest BCUT2D eigenvalue weighted by Crippen LogP contribution is 2.29. The zero-order valence-electron chi connectivity index (χ0n) is 18.9. The first kappa shape index (κ1) is 25.3. The number of carbonyl (C=O) groups is 3. The zero-order chi connectivity index (χ0) is 24.7. The molecule has 0 aliphatic carbocycles. The summed E-state index contributed by atoms with van der Waals surface area (Å²) in [5.41, 5.74) is 0.340. The quantitative estimate of drug-likeness (QED) is 0.443. The van der Waals surface area contributed by atoms with E-state index in [-0.39, 0.29) is 23.3 Å². The Kier molecular flexibility index (Phi) is 8.31. The Morgan fingerprint density at radius 3 is 2.12 bits per heavy atom. The smallest absolute Gasteiger partial charge is 0.416 e. The van der Waals surface area contributed by atoms with Gasteiger partial charge in [-0.25, -0.2) is 4.79 Å². The largest absolute Gasteiger partial charge is 0.462 e. The maximum atomic E-state index is 12.7. The molecule has 2 amide bonds. The molecule has 3 rings (SSSR count). The summed E-state index contributed by atoms with van der Waals surface area (Å²) >= 11 is 0. The minimum absolute atomic E-state index is 0.181. The van der Waals surface area contributed by atoms with E-state index in [1.165, 1.54) is 12.1 Å². The summed E-state index contributed by atoms with van der Waals surface area (Å²) in [6, 6.07) is 10.6. The van der Waals surface area contributed by atoms with E-state index in [9.17, 15) is 27.6 Å². The first-order chi connectivity index (χ1) is 16.2. The lowest BCUT2D eigenvalue weighted by Gasteiger charge is -2.31. The van der Waals surface area contributed by atoms with Crippen molar-refractivity contribution in [1.29, 1.82) is 0 Å². The van der Waals surface area contributed by atoms with E-state index in [1.54, 1.807) is 29.2 Å². The molecule has 0 spiro atoms. The third-order valence-corrected chi connectivity index (χ3v) is 5.73. The maximum Gasteiger partial charge on any atom is 0.416 e. The highest BCUT2D eigenvalue weighted by Gasteiger charge is 2.31. The number of halogens is 3. The molecule has 0 saturated carbocycles. The monoisotopic (exact) mass is 476 g/mol. The molecule has 2 aromatic carbocycles. The molecular weight excluding hydrogens is 449 g/mol. The molecule has 0 aromatic heterocycles. The van der Waals surface area contributed by atoms with Crippen LogP contribution < -0.4 is 5.32 Å². The van der Waals surface area contributed by atoms with Gasteiger partial charge in [-0.2, -0.15) is 13.2 Å². The SMILES string of the molecule is CCCCOC(=O)c1ccc(NC(=O)C2CCN(C(=O)c3ccc(C(F)(F)F)cc3)CC2)cc1. The predicted octanol–water partition coefficient (Wildman–Crippen LogP) is 5.15. The fraction of sp³-hybridized carbons (Fsp3) is 0.400. The van der Waals surface area contributed by atoms with Crippen LogP contribution in [0.4, 0.5) is 18.9 Å². The summed E-state index contributed by atoms with van der Waals surface area (Å²) in [7, 11) is 0. The van der Waals surface area contributed by atoms with Crippen molar-refractivity contribution in [2.45, 2.75) is 38.8 Å². The fourth-order valence-electron chi connectivity index (χ4n) is 3.66. The second-order valence-corrected chi connectivity index (χ2v) is 8.20. The average molecular weight is 476 g/mol. The molecule has 0 bridgehead atoms. The van der Waals surface area contributed by atoms with Crippen LogP contribution in [0.3, 0.4) is 0 Å². The lowest BCUT2D eigenvalue weighted by molar-refractivity contribution is -0.137. The first-order valence-electron chi connectivity index (χ1n) is 11.2. The molecule has 0 atom stereocenters. The molecule has 1 saturated heterocycles. The Labute approximate surface area is 196 Å². The molecule has 0 unspecified atom stereocenters. The Hall–Kier alpha value is -3.36. The van der Waals surface area contributed by atoms with Crippen molar-refractivity contribution in [3.63, 3.8) is 0 Å². The van der Waals surface area contributed by atoms with Crippen LogP contribution in [0.2, 0.25) is 0 Å². The molecule has 182 valence electrons. The predicted molar refractivity (Wildman–Crippen MR) is 120 cm³/mol. The summed E-state index contributed by atoms with van der Waals surface area (Å²) in [5, 5.41) is 2.83. The van der Waals surface area contributed by atoms with Gasteiger partial charge in [0.1, 0.15) is 0 Å². The number of benzene rings is 2. The minimum Gasteiger partial charge on any atom is -0.462 e. The number of nitrogens with one attached hydrogen (secondary N) is 1. The van der Waals surface area contributed by atoms with Gasteiger partial charge in [-0.1, -0.05) is 13.3 Å². The zero-order valence-corrected chi connectivity index (χ0v) is 18.9. The molecule has 1 heterocycles. The van der Waals surface area contributed by atoms with Gasteiger partial charge in [-0.15, -0.1) is 0 Å². The van der Waals surface area contributed by atoms with E-state index >= 15 is 0 Å². The van der Waals surface area contributed by atoms with Crippen LogP contribution in [0, 0.1) is 5.92 Å². The van der Waals surface area contributed by atoms with Crippen molar-refractivity contribution >= 4 is 23.5 Å². The van der Waals surface area contributed by atoms with Gasteiger partial charge in [0.25, 0.3) is 5.91 Å². The number of nitrogens with zero attached hydrogens (tertiary/aromatic N) is 1. The molecule has 34 heavy (non-hydrogen) atoms. The summed E-state index contributed by atoms with van der Waals surface area (Å²) in [5.74, 6) is -1.24. The summed E-state index contributed by atoms with van der Waals surface area (Å²) < 4.78 is 43.3. The summed E-state index contributed by atoms with van der Waals surface area (Å²) in [6.07, 6.45) is -1.83. The maximum absolute atomic E-state index is 12.7. The standard InChI is InChI=1S/C25H27F3N2O4/c1-2-3-16-34-24(33)19-6-10-21(11-7-19)29-22(31)17-12-14-30(15-13-17)23(32)18-4-8-20(9-5-18)25(26,27)28/h4-11,17H,2-3,12-16H2,1H3,(H,29,31). The van der Waals surface area contributed by atoms with Gasteiger partial charge in [0.05, 0.1) is 17.7 Å². The number of carbonyl (C=O) groups excluding carboxylic acids is 3. The van der Waals surface area contributed by atoms with Crippen LogP contribution in [0.15, 0.2) is 48.5 Å². The molecule has 6 nitrogen and oxygen atoms in total. The van der Waals surface area contributed by atoms with Crippen LogP contribution in [0.1, 0.15) is 58.9 Å². The number of likely N-dealkylation sites (tertiary alicyclic amines) is 1. The average Bonchev–Trinajstić information content (AvgIpc) is 2.83. The second-order valence-electron chi connectivity index (χ2n) is 8.20. The van der Waals surface area contributed by atoms with Crippen LogP contribution in [-0.4, -0.2) is 42.4 Å². The summed E-state index contributed by atoms with van der Waals surface area (Å²) in [4.78, 5) is 38.7. The summed E-state index contributed by atoms with van der Waals surface area (Å²) in [6.45, 7) is 3.04. The molecule has 1 aliphatic heterocycles. The van der Waals surface area contributed by atoms with Crippen LogP contribution >= 0.6 is 0 Å². The van der Waals surface area contributed by atoms with Gasteiger partial charge < -0.3 is 15.0 Å². The number of amides is 2. The molecule has 1 fully saturated rings. The van der Waals surface area contributed by atoms with Crippen molar-refractivity contribution in [2.75, 3.05) is 25.0 Å². The normalized spacial score (nSPS) is 14.5. The Morgan fingerprint density at radius 2 is 1.56 bits per heavy atom. The van der Waals surface area contributed by atoms with Gasteiger partial charge >= 0.3 is 12.1 Å². The van der Waals surface area contributed by atoms with Crippen LogP contribution in [-0.2, 0) is 15.7 Å². The van der Waals surface area contributed by atoms with Gasteiger partial charge in [0.2, 0.25) is 5.91 Å². The Morgan fingerprint density at radius 1 is 0.971 bits per heavy atom. The highest BCUT2D eigenvalue weighted by molar-refractivity contribution is 5.96. The van der Waals surface area contributed by atoms with Crippen molar-refractivity contribution in [1.82, 2.24) is 4.90 Å². The third-order valence-electron chi connectivity index (χ3n) is 5.73. The minimum atomic E-state index is -4.45. The number of esters is 1. The first-order valence-corrected chi connectivity index (χ1v) is 11.2. The van der Waals surface area contributed by atoms with E-state index in [0.717, 1.165) is 25.0 Å². The number of alkyl halides is 3. The van der Waals surface area contributed by atoms with Gasteiger partial charge in [0, 0.05) is 30.3 Å². The van der Waals surface area contributed by atoms with E-state index in [2.05, 4.69) is 5.32 Å². The number of hydrogen-bond donors (Lipinski definition) is 1. The number of rotatable bonds is 7. The number of piperidine rings is 1. The fourth-order valence-corrected chi connectivity index (χ4v) is 3.66. The van der Waals surface area contributed by atoms with E-state index < -0.39 is 17.7 Å². The van der Waals surface area contributed by atoms with E-state index in [4.69, 9.17) is 4.74 Å². The lowest BCUT2D eigenvalue weighted by Crippen LogP contribution is -2.41. The van der Waals surface area contributed by atoms with Crippen molar-refractivity contribution < 1.29 is 32.3 Å². The Bertz CT molecular complexity index is 996. The molecule has 9 heteroatoms. The van der Waals surface area contributed by atoms with Gasteiger partial charge in [-0.05, 0) is 67.8 Å². The number of hydrogen-bond acceptors (Lipinski definition) is 4. The lowest BCUT2D eigenvalue weighted by atomic mass is 9.95. The molecular formula is C25H27F3N2O4. The third kappa shape index (κ3) is 6.59. The molecule has 1 aliphatic rings. The second kappa shape index (κ2) is 11.2. The van der Waals surface area contributed by atoms with Gasteiger partial charge in [0.15, 0.2) is 0 Å². The van der Waals surface area contributed by atoms with E-state index in [1.807, 2.05) is 6.92 Å². The molecule has 0 radical (unpaired) electrons. The Balaban J connectivity index is 1.49. The van der Waals surface area contributed by atoms with Crippen LogP contribution in [0.25, 0.3) is 0 Å². The van der Waals surface area contributed by atoms with Crippen LogP contribution in [0.5, 0.6) is 0 Å². The highest BCUT2D eigenvalue weighted by atomic mass is 19.4. The van der Waals surface area contributed by atoms with Crippen molar-refractivity contribution in [3.8, 4) is 0 Å². The van der Waals surface area contributed by atoms with Crippen molar-refractivity contribution in [3.05, 3.63) is 65.2 Å². The topological polar surface area (TPSA) is 75.7 Å². The van der Waals surface area contributed by atoms with E-state index in [0.29, 0.717) is 43.8 Å². The van der Waals surface area contributed by atoms with Crippen molar-refractivity contribution in [2.24, 2.45) is 5.92 Å².